The lowest BCUT2D eigenvalue weighted by molar-refractivity contribution is 0.478. The topological polar surface area (TPSA) is 20.2 Å². The molecule has 0 aliphatic heterocycles. The third-order valence-corrected chi connectivity index (χ3v) is 2.91. The van der Waals surface area contributed by atoms with Gasteiger partial charge < -0.3 is 5.11 Å². The summed E-state index contributed by atoms with van der Waals surface area (Å²) in [6.07, 6.45) is 0. The van der Waals surface area contributed by atoms with Crippen LogP contribution in [0, 0.1) is 0 Å². The van der Waals surface area contributed by atoms with Crippen molar-refractivity contribution in [1.29, 1.82) is 0 Å². The Morgan fingerprint density at radius 1 is 1.11 bits per heavy atom. The van der Waals surface area contributed by atoms with Crippen molar-refractivity contribution in [3.63, 3.8) is 0 Å². The molecule has 0 aromatic carbocycles. The second kappa shape index (κ2) is 2.54. The van der Waals surface area contributed by atoms with Crippen molar-refractivity contribution in [3.8, 4) is 5.75 Å². The average Bonchev–Trinajstić information content (AvgIpc) is 1.98. The van der Waals surface area contributed by atoms with E-state index in [0.29, 0.717) is 4.34 Å². The number of rotatable bonds is 0. The fourth-order valence-corrected chi connectivity index (χ4v) is 1.97. The molecule has 1 N–H and O–H groups in total. The van der Waals surface area contributed by atoms with Crippen LogP contribution in [-0.4, -0.2) is 5.11 Å². The van der Waals surface area contributed by atoms with Crippen LogP contribution in [0.5, 0.6) is 5.75 Å². The summed E-state index contributed by atoms with van der Waals surface area (Å²) in [6, 6.07) is 0. The van der Waals surface area contributed by atoms with Crippen LogP contribution in [0.1, 0.15) is 0 Å². The SMILES string of the molecule is Oc1c(Cl)sc(Cl)c1Cl. The molecule has 0 radical (unpaired) electrons. The molecule has 1 rings (SSSR count). The monoisotopic (exact) mass is 202 g/mol. The molecule has 1 aromatic heterocycles. The maximum absolute atomic E-state index is 8.89. The van der Waals surface area contributed by atoms with Crippen LogP contribution in [0.25, 0.3) is 0 Å². The van der Waals surface area contributed by atoms with Gasteiger partial charge in [-0.3, -0.25) is 0 Å². The molecule has 1 nitrogen and oxygen atoms in total. The Morgan fingerprint density at radius 2 is 1.67 bits per heavy atom. The summed E-state index contributed by atoms with van der Waals surface area (Å²) in [7, 11) is 0. The lowest BCUT2D eigenvalue weighted by Crippen LogP contribution is -1.54. The Bertz CT molecular complexity index is 209. The molecule has 0 spiro atoms. The largest absolute Gasteiger partial charge is 0.504 e. The van der Waals surface area contributed by atoms with Crippen LogP contribution >= 0.6 is 46.1 Å². The van der Waals surface area contributed by atoms with E-state index < -0.39 is 0 Å². The van der Waals surface area contributed by atoms with Crippen LogP contribution in [0.3, 0.4) is 0 Å². The van der Waals surface area contributed by atoms with Crippen molar-refractivity contribution < 1.29 is 5.11 Å². The summed E-state index contributed by atoms with van der Waals surface area (Å²) in [6.45, 7) is 0. The lowest BCUT2D eigenvalue weighted by Gasteiger charge is -1.83. The van der Waals surface area contributed by atoms with E-state index in [1.165, 1.54) is 0 Å². The van der Waals surface area contributed by atoms with Gasteiger partial charge in [-0.25, -0.2) is 0 Å². The molecular weight excluding hydrogens is 202 g/mol. The average molecular weight is 203 g/mol. The summed E-state index contributed by atoms with van der Waals surface area (Å²) < 4.78 is 0.546. The Balaban J connectivity index is 3.29. The zero-order chi connectivity index (χ0) is 7.02. The number of hydrogen-bond donors (Lipinski definition) is 1. The molecular formula is C4HCl3OS. The Hall–Kier alpha value is 0.370. The molecule has 1 heterocycles. The van der Waals surface area contributed by atoms with Gasteiger partial charge in [0.2, 0.25) is 0 Å². The van der Waals surface area contributed by atoms with Gasteiger partial charge in [0.25, 0.3) is 0 Å². The summed E-state index contributed by atoms with van der Waals surface area (Å²) in [5.41, 5.74) is 0. The Kier molecular flexibility index (Phi) is 2.11. The standard InChI is InChI=1S/C4HCl3OS/c5-1-2(8)4(7)9-3(1)6/h8H. The van der Waals surface area contributed by atoms with Gasteiger partial charge >= 0.3 is 0 Å². The first kappa shape index (κ1) is 7.48. The van der Waals surface area contributed by atoms with Crippen LogP contribution in [0.4, 0.5) is 0 Å². The Labute approximate surface area is 70.8 Å². The molecule has 0 saturated heterocycles. The fourth-order valence-electron chi connectivity index (χ4n) is 0.351. The van der Waals surface area contributed by atoms with E-state index in [1.54, 1.807) is 0 Å². The molecule has 1 aromatic rings. The summed E-state index contributed by atoms with van der Waals surface area (Å²) in [5, 5.41) is 9.02. The number of thiophene rings is 1. The van der Waals surface area contributed by atoms with Crippen molar-refractivity contribution >= 4 is 46.1 Å². The van der Waals surface area contributed by atoms with Crippen LogP contribution in [-0.2, 0) is 0 Å². The molecule has 5 heteroatoms. The fraction of sp³-hybridized carbons (Fsp3) is 0. The van der Waals surface area contributed by atoms with Crippen LogP contribution < -0.4 is 0 Å². The summed E-state index contributed by atoms with van der Waals surface area (Å²) in [5.74, 6) is -0.131. The van der Waals surface area contributed by atoms with Crippen LogP contribution in [0.2, 0.25) is 13.7 Å². The molecule has 0 saturated carbocycles. The van der Waals surface area contributed by atoms with Gasteiger partial charge in [0.05, 0.1) is 0 Å². The molecule has 0 amide bonds. The highest BCUT2D eigenvalue weighted by Crippen LogP contribution is 2.44. The summed E-state index contributed by atoms with van der Waals surface area (Å²) >= 11 is 17.4. The van der Waals surface area contributed by atoms with Gasteiger partial charge in [0, 0.05) is 0 Å². The second-order valence-corrected chi connectivity index (χ2v) is 3.91. The normalized spacial score (nSPS) is 10.1. The maximum Gasteiger partial charge on any atom is 0.165 e. The number of aromatic hydroxyl groups is 1. The predicted molar refractivity (Wildman–Crippen MR) is 41.0 cm³/mol. The molecule has 0 aliphatic rings. The van der Waals surface area contributed by atoms with E-state index in [4.69, 9.17) is 39.9 Å². The number of hydrogen-bond acceptors (Lipinski definition) is 2. The van der Waals surface area contributed by atoms with Gasteiger partial charge in [-0.2, -0.15) is 0 Å². The van der Waals surface area contributed by atoms with Crippen LogP contribution in [0.15, 0.2) is 0 Å². The molecule has 0 atom stereocenters. The van der Waals surface area contributed by atoms with E-state index in [2.05, 4.69) is 0 Å². The molecule has 50 valence electrons. The minimum absolute atomic E-state index is 0.131. The molecule has 0 fully saturated rings. The van der Waals surface area contributed by atoms with E-state index in [0.717, 1.165) is 11.3 Å². The smallest absolute Gasteiger partial charge is 0.165 e. The molecule has 0 bridgehead atoms. The van der Waals surface area contributed by atoms with Crippen molar-refractivity contribution in [2.24, 2.45) is 0 Å². The molecule has 9 heavy (non-hydrogen) atoms. The van der Waals surface area contributed by atoms with E-state index in [1.807, 2.05) is 0 Å². The van der Waals surface area contributed by atoms with Crippen molar-refractivity contribution in [3.05, 3.63) is 13.7 Å². The van der Waals surface area contributed by atoms with E-state index in [9.17, 15) is 0 Å². The predicted octanol–water partition coefficient (Wildman–Crippen LogP) is 3.41. The number of halogens is 3. The minimum Gasteiger partial charge on any atom is -0.504 e. The highest BCUT2D eigenvalue weighted by atomic mass is 35.5. The zero-order valence-corrected chi connectivity index (χ0v) is 7.07. The quantitative estimate of drug-likeness (QED) is 0.685. The first-order chi connectivity index (χ1) is 4.13. The van der Waals surface area contributed by atoms with Gasteiger partial charge in [-0.05, 0) is 0 Å². The van der Waals surface area contributed by atoms with Crippen molar-refractivity contribution in [2.75, 3.05) is 0 Å². The first-order valence-corrected chi connectivity index (χ1v) is 3.90. The van der Waals surface area contributed by atoms with Gasteiger partial charge in [0.15, 0.2) is 5.75 Å². The van der Waals surface area contributed by atoms with Crippen molar-refractivity contribution in [2.45, 2.75) is 0 Å². The zero-order valence-electron chi connectivity index (χ0n) is 3.99. The maximum atomic E-state index is 8.89. The van der Waals surface area contributed by atoms with Crippen molar-refractivity contribution in [1.82, 2.24) is 0 Å². The van der Waals surface area contributed by atoms with Gasteiger partial charge in [0.1, 0.15) is 13.7 Å². The highest BCUT2D eigenvalue weighted by molar-refractivity contribution is 7.21. The molecule has 0 aliphatic carbocycles. The first-order valence-electron chi connectivity index (χ1n) is 1.95. The highest BCUT2D eigenvalue weighted by Gasteiger charge is 2.11. The third kappa shape index (κ3) is 1.27. The van der Waals surface area contributed by atoms with Gasteiger partial charge in [-0.1, -0.05) is 34.8 Å². The Morgan fingerprint density at radius 3 is 1.78 bits per heavy atom. The minimum atomic E-state index is -0.131. The third-order valence-electron chi connectivity index (χ3n) is 0.746. The summed E-state index contributed by atoms with van der Waals surface area (Å²) in [4.78, 5) is 0. The van der Waals surface area contributed by atoms with E-state index in [-0.39, 0.29) is 15.1 Å². The van der Waals surface area contributed by atoms with E-state index >= 15 is 0 Å². The molecule has 0 unspecified atom stereocenters. The lowest BCUT2D eigenvalue weighted by atomic mass is 10.6. The second-order valence-electron chi connectivity index (χ2n) is 1.31. The van der Waals surface area contributed by atoms with Gasteiger partial charge in [-0.15, -0.1) is 11.3 Å².